The predicted molar refractivity (Wildman–Crippen MR) is 131 cm³/mol. The number of carbonyl (C=O) groups is 2. The first kappa shape index (κ1) is 21.7. The molecule has 4 heteroatoms. The van der Waals surface area contributed by atoms with Crippen molar-refractivity contribution in [1.29, 1.82) is 0 Å². The van der Waals surface area contributed by atoms with Crippen LogP contribution >= 0.6 is 0 Å². The fraction of sp³-hybridized carbons (Fsp3) is 0.133. The van der Waals surface area contributed by atoms with Gasteiger partial charge in [0.15, 0.2) is 11.6 Å². The van der Waals surface area contributed by atoms with Crippen molar-refractivity contribution in [3.8, 4) is 11.5 Å². The Morgan fingerprint density at radius 1 is 0.500 bits per heavy atom. The molecule has 4 nitrogen and oxygen atoms in total. The van der Waals surface area contributed by atoms with Crippen LogP contribution in [-0.2, 0) is 26.1 Å². The second-order valence-electron chi connectivity index (χ2n) is 8.33. The van der Waals surface area contributed by atoms with Crippen LogP contribution in [0.4, 0.5) is 0 Å². The van der Waals surface area contributed by atoms with Gasteiger partial charge in [0, 0.05) is 12.8 Å². The topological polar surface area (TPSA) is 52.6 Å². The normalized spacial score (nSPS) is 12.8. The first-order valence-corrected chi connectivity index (χ1v) is 11.3. The monoisotopic (exact) mass is 448 g/mol. The highest BCUT2D eigenvalue weighted by Crippen LogP contribution is 2.33. The van der Waals surface area contributed by atoms with Crippen molar-refractivity contribution in [2.75, 3.05) is 0 Å². The van der Waals surface area contributed by atoms with Crippen LogP contribution < -0.4 is 9.47 Å². The van der Waals surface area contributed by atoms with E-state index in [1.54, 1.807) is 12.1 Å². The average Bonchev–Trinajstić information content (AvgIpc) is 2.86. The smallest absolute Gasteiger partial charge is 0.171 e. The summed E-state index contributed by atoms with van der Waals surface area (Å²) in [6.45, 7) is 0.708. The van der Waals surface area contributed by atoms with Crippen LogP contribution in [0.5, 0.6) is 11.5 Å². The number of Topliss-reactive ketones (excluding diaryl/α,β-unsaturated/α-hetero) is 2. The van der Waals surface area contributed by atoms with E-state index in [2.05, 4.69) is 0 Å². The zero-order chi connectivity index (χ0) is 23.3. The highest BCUT2D eigenvalue weighted by atomic mass is 16.5. The van der Waals surface area contributed by atoms with Gasteiger partial charge in [0.2, 0.25) is 0 Å². The Morgan fingerprint density at radius 3 is 1.32 bits per heavy atom. The number of hydrogen-bond donors (Lipinski definition) is 0. The molecule has 5 rings (SSSR count). The van der Waals surface area contributed by atoms with E-state index in [0.717, 1.165) is 11.1 Å². The summed E-state index contributed by atoms with van der Waals surface area (Å²) in [4.78, 5) is 26.8. The number of fused-ring (bicyclic) bond motifs is 2. The van der Waals surface area contributed by atoms with E-state index in [-0.39, 0.29) is 24.4 Å². The van der Waals surface area contributed by atoms with E-state index in [1.807, 2.05) is 84.9 Å². The predicted octanol–water partition coefficient (Wildman–Crippen LogP) is 6.01. The average molecular weight is 449 g/mol. The number of ether oxygens (including phenoxy) is 2. The van der Waals surface area contributed by atoms with Crippen molar-refractivity contribution < 1.29 is 19.1 Å². The highest BCUT2D eigenvalue weighted by Gasteiger charge is 2.27. The van der Waals surface area contributed by atoms with E-state index in [9.17, 15) is 9.59 Å². The van der Waals surface area contributed by atoms with Crippen LogP contribution in [0.25, 0.3) is 0 Å². The van der Waals surface area contributed by atoms with Gasteiger partial charge >= 0.3 is 0 Å². The third-order valence-corrected chi connectivity index (χ3v) is 5.96. The van der Waals surface area contributed by atoms with Gasteiger partial charge in [-0.05, 0) is 34.4 Å². The Hall–Kier alpha value is -4.18. The summed E-state index contributed by atoms with van der Waals surface area (Å²) in [7, 11) is 0. The second kappa shape index (κ2) is 9.75. The standard InChI is InChI=1S/C30H24O4/c31-25-18-24-14-8-16-28(34-20-22-11-5-2-6-12-22)30(24)26(32)17-23-13-7-15-27(29(23)25)33-19-21-9-3-1-4-10-21/h1-16H,17-20H2. The fourth-order valence-electron chi connectivity index (χ4n) is 4.31. The third kappa shape index (κ3) is 4.62. The van der Waals surface area contributed by atoms with Crippen LogP contribution in [0.1, 0.15) is 43.0 Å². The van der Waals surface area contributed by atoms with E-state index in [0.29, 0.717) is 47.0 Å². The largest absolute Gasteiger partial charge is 0.488 e. The van der Waals surface area contributed by atoms with Crippen molar-refractivity contribution in [2.24, 2.45) is 0 Å². The van der Waals surface area contributed by atoms with Crippen LogP contribution in [0, 0.1) is 0 Å². The summed E-state index contributed by atoms with van der Waals surface area (Å²) < 4.78 is 12.1. The summed E-state index contributed by atoms with van der Waals surface area (Å²) in [5.74, 6) is 0.901. The van der Waals surface area contributed by atoms with Crippen molar-refractivity contribution in [2.45, 2.75) is 26.1 Å². The van der Waals surface area contributed by atoms with Crippen LogP contribution in [0.3, 0.4) is 0 Å². The molecular formula is C30H24O4. The molecule has 4 aromatic rings. The van der Waals surface area contributed by atoms with Gasteiger partial charge in [-0.1, -0.05) is 84.9 Å². The molecule has 0 fully saturated rings. The lowest BCUT2D eigenvalue weighted by Crippen LogP contribution is -2.20. The first-order valence-electron chi connectivity index (χ1n) is 11.3. The van der Waals surface area contributed by atoms with Gasteiger partial charge in [-0.2, -0.15) is 0 Å². The quantitative estimate of drug-likeness (QED) is 0.363. The fourth-order valence-corrected chi connectivity index (χ4v) is 4.31. The molecule has 0 aromatic heterocycles. The summed E-state index contributed by atoms with van der Waals surface area (Å²) >= 11 is 0. The molecule has 4 aromatic carbocycles. The van der Waals surface area contributed by atoms with Gasteiger partial charge in [-0.25, -0.2) is 0 Å². The van der Waals surface area contributed by atoms with E-state index < -0.39 is 0 Å². The molecule has 0 saturated carbocycles. The van der Waals surface area contributed by atoms with Gasteiger partial charge in [-0.3, -0.25) is 9.59 Å². The Kier molecular flexibility index (Phi) is 6.21. The zero-order valence-corrected chi connectivity index (χ0v) is 18.7. The number of carbonyl (C=O) groups excluding carboxylic acids is 2. The maximum atomic E-state index is 13.4. The molecule has 0 amide bonds. The first-order chi connectivity index (χ1) is 16.7. The molecule has 0 bridgehead atoms. The molecule has 1 aliphatic carbocycles. The molecular weight excluding hydrogens is 424 g/mol. The SMILES string of the molecule is O=C1Cc2cccc(OCc3ccccc3)c2C(=O)Cc2cccc(OCc3ccccc3)c21. The molecule has 0 atom stereocenters. The maximum absolute atomic E-state index is 13.4. The van der Waals surface area contributed by atoms with Crippen molar-refractivity contribution in [1.82, 2.24) is 0 Å². The van der Waals surface area contributed by atoms with Crippen molar-refractivity contribution >= 4 is 11.6 Å². The molecule has 0 aliphatic heterocycles. The number of rotatable bonds is 6. The second-order valence-corrected chi connectivity index (χ2v) is 8.33. The summed E-state index contributed by atoms with van der Waals surface area (Å²) in [6, 6.07) is 30.5. The zero-order valence-electron chi connectivity index (χ0n) is 18.7. The third-order valence-electron chi connectivity index (χ3n) is 5.96. The van der Waals surface area contributed by atoms with E-state index >= 15 is 0 Å². The Bertz CT molecular complexity index is 1220. The molecule has 0 unspecified atom stereocenters. The Morgan fingerprint density at radius 2 is 0.912 bits per heavy atom. The van der Waals surface area contributed by atoms with Crippen LogP contribution in [0.2, 0.25) is 0 Å². The molecule has 0 saturated heterocycles. The van der Waals surface area contributed by atoms with Gasteiger partial charge in [0.05, 0.1) is 11.1 Å². The van der Waals surface area contributed by atoms with Gasteiger partial charge in [-0.15, -0.1) is 0 Å². The Labute approximate surface area is 198 Å². The molecule has 168 valence electrons. The molecule has 34 heavy (non-hydrogen) atoms. The lowest BCUT2D eigenvalue weighted by Gasteiger charge is -2.20. The number of ketones is 2. The molecule has 0 heterocycles. The maximum Gasteiger partial charge on any atom is 0.171 e. The van der Waals surface area contributed by atoms with Gasteiger partial charge in [0.1, 0.15) is 24.7 Å². The lowest BCUT2D eigenvalue weighted by atomic mass is 9.86. The molecule has 0 radical (unpaired) electrons. The highest BCUT2D eigenvalue weighted by molar-refractivity contribution is 6.09. The van der Waals surface area contributed by atoms with Crippen LogP contribution in [-0.4, -0.2) is 11.6 Å². The molecule has 0 N–H and O–H groups in total. The van der Waals surface area contributed by atoms with Gasteiger partial charge in [0.25, 0.3) is 0 Å². The number of benzene rings is 4. The minimum atomic E-state index is -0.0624. The van der Waals surface area contributed by atoms with Crippen molar-refractivity contribution in [3.05, 3.63) is 130 Å². The Balaban J connectivity index is 1.43. The summed E-state index contributed by atoms with van der Waals surface area (Å²) in [5, 5.41) is 0. The summed E-state index contributed by atoms with van der Waals surface area (Å²) in [5.41, 5.74) is 4.38. The number of hydrogen-bond acceptors (Lipinski definition) is 4. The molecule has 1 aliphatic rings. The van der Waals surface area contributed by atoms with Gasteiger partial charge < -0.3 is 9.47 Å². The van der Waals surface area contributed by atoms with Crippen molar-refractivity contribution in [3.63, 3.8) is 0 Å². The minimum absolute atomic E-state index is 0.0624. The summed E-state index contributed by atoms with van der Waals surface area (Å²) in [6.07, 6.45) is 0.227. The van der Waals surface area contributed by atoms with Crippen LogP contribution in [0.15, 0.2) is 97.1 Å². The molecule has 0 spiro atoms. The van der Waals surface area contributed by atoms with E-state index in [4.69, 9.17) is 9.47 Å². The van der Waals surface area contributed by atoms with E-state index in [1.165, 1.54) is 0 Å². The minimum Gasteiger partial charge on any atom is -0.488 e. The lowest BCUT2D eigenvalue weighted by molar-refractivity contribution is 0.0971.